The quantitative estimate of drug-likeness (QED) is 0.805. The molecule has 0 spiro atoms. The first kappa shape index (κ1) is 15.3. The minimum absolute atomic E-state index is 0.0412. The topological polar surface area (TPSA) is 55.5 Å². The van der Waals surface area contributed by atoms with Gasteiger partial charge in [-0.1, -0.05) is 32.4 Å². The highest BCUT2D eigenvalue weighted by molar-refractivity contribution is 5.30. The van der Waals surface area contributed by atoms with E-state index in [1.54, 1.807) is 0 Å². The molecule has 1 saturated carbocycles. The molecule has 1 fully saturated rings. The van der Waals surface area contributed by atoms with Crippen molar-refractivity contribution in [1.29, 1.82) is 0 Å². The summed E-state index contributed by atoms with van der Waals surface area (Å²) in [6.07, 6.45) is 3.19. The van der Waals surface area contributed by atoms with Crippen molar-refractivity contribution in [2.75, 3.05) is 13.2 Å². The van der Waals surface area contributed by atoms with Gasteiger partial charge in [-0.25, -0.2) is 0 Å². The van der Waals surface area contributed by atoms with E-state index in [2.05, 4.69) is 13.8 Å². The smallest absolute Gasteiger partial charge is 0.119 e. The van der Waals surface area contributed by atoms with Gasteiger partial charge in [0.05, 0.1) is 12.7 Å². The van der Waals surface area contributed by atoms with Crippen LogP contribution in [0.5, 0.6) is 5.75 Å². The van der Waals surface area contributed by atoms with E-state index in [0.717, 1.165) is 30.8 Å². The van der Waals surface area contributed by atoms with Gasteiger partial charge in [-0.3, -0.25) is 0 Å². The summed E-state index contributed by atoms with van der Waals surface area (Å²) in [7, 11) is 0. The van der Waals surface area contributed by atoms with Crippen molar-refractivity contribution in [2.24, 2.45) is 17.6 Å². The van der Waals surface area contributed by atoms with Crippen LogP contribution in [0.3, 0.4) is 0 Å². The molecule has 0 heterocycles. The highest BCUT2D eigenvalue weighted by Crippen LogP contribution is 2.36. The van der Waals surface area contributed by atoms with Gasteiger partial charge in [0.15, 0.2) is 0 Å². The molecule has 20 heavy (non-hydrogen) atoms. The van der Waals surface area contributed by atoms with Crippen molar-refractivity contribution >= 4 is 0 Å². The van der Waals surface area contributed by atoms with Crippen molar-refractivity contribution in [3.63, 3.8) is 0 Å². The lowest BCUT2D eigenvalue weighted by Crippen LogP contribution is -2.35. The molecule has 112 valence electrons. The molecule has 1 aromatic carbocycles. The van der Waals surface area contributed by atoms with Crippen LogP contribution in [0.25, 0.3) is 0 Å². The average molecular weight is 277 g/mol. The van der Waals surface area contributed by atoms with E-state index in [0.29, 0.717) is 18.4 Å². The summed E-state index contributed by atoms with van der Waals surface area (Å²) in [5, 5.41) is 10.4. The van der Waals surface area contributed by atoms with Crippen molar-refractivity contribution in [3.8, 4) is 5.75 Å². The molecule has 3 N–H and O–H groups in total. The maximum atomic E-state index is 10.4. The van der Waals surface area contributed by atoms with E-state index in [9.17, 15) is 5.11 Å². The molecule has 1 aliphatic carbocycles. The van der Waals surface area contributed by atoms with Crippen molar-refractivity contribution in [3.05, 3.63) is 29.8 Å². The molecular weight excluding hydrogens is 250 g/mol. The number of aliphatic hydroxyl groups is 1. The fourth-order valence-electron chi connectivity index (χ4n) is 2.66. The van der Waals surface area contributed by atoms with Crippen molar-refractivity contribution in [2.45, 2.75) is 45.1 Å². The number of hydrogen-bond donors (Lipinski definition) is 2. The Morgan fingerprint density at radius 2 is 1.90 bits per heavy atom. The Labute approximate surface area is 122 Å². The minimum atomic E-state index is -0.309. The van der Waals surface area contributed by atoms with E-state index >= 15 is 0 Å². The third-order valence-corrected chi connectivity index (χ3v) is 4.19. The van der Waals surface area contributed by atoms with Crippen LogP contribution in [-0.4, -0.2) is 24.4 Å². The number of benzene rings is 1. The maximum Gasteiger partial charge on any atom is 0.119 e. The molecule has 2 unspecified atom stereocenters. The molecule has 3 nitrogen and oxygen atoms in total. The van der Waals surface area contributed by atoms with E-state index in [1.165, 1.54) is 6.42 Å². The molecule has 0 saturated heterocycles. The standard InChI is InChI=1S/C17H27NO2/c1-12(2)11-20-15-8-6-13(7-9-15)16(10-18)17(19)14-4-3-5-14/h6-9,12,14,16-17,19H,3-5,10-11,18H2,1-2H3. The lowest BCUT2D eigenvalue weighted by molar-refractivity contribution is 0.0420. The molecule has 0 amide bonds. The summed E-state index contributed by atoms with van der Waals surface area (Å²) in [6, 6.07) is 8.03. The predicted octanol–water partition coefficient (Wildman–Crippen LogP) is 2.92. The monoisotopic (exact) mass is 277 g/mol. The van der Waals surface area contributed by atoms with Crippen LogP contribution in [-0.2, 0) is 0 Å². The SMILES string of the molecule is CC(C)COc1ccc(C(CN)C(O)C2CCC2)cc1. The number of rotatable bonds is 7. The van der Waals surface area contributed by atoms with Crippen LogP contribution in [0.2, 0.25) is 0 Å². The summed E-state index contributed by atoms with van der Waals surface area (Å²) in [5.41, 5.74) is 6.98. The summed E-state index contributed by atoms with van der Waals surface area (Å²) < 4.78 is 5.68. The summed E-state index contributed by atoms with van der Waals surface area (Å²) in [6.45, 7) is 5.48. The van der Waals surface area contributed by atoms with Gasteiger partial charge in [-0.15, -0.1) is 0 Å². The van der Waals surface area contributed by atoms with E-state index in [4.69, 9.17) is 10.5 Å². The number of ether oxygens (including phenoxy) is 1. The molecule has 0 aromatic heterocycles. The third kappa shape index (κ3) is 3.74. The predicted molar refractivity (Wildman–Crippen MR) is 81.9 cm³/mol. The molecule has 2 rings (SSSR count). The van der Waals surface area contributed by atoms with Crippen LogP contribution >= 0.6 is 0 Å². The normalized spacial score (nSPS) is 18.6. The fourth-order valence-corrected chi connectivity index (χ4v) is 2.66. The van der Waals surface area contributed by atoms with Gasteiger partial charge in [-0.2, -0.15) is 0 Å². The Hall–Kier alpha value is -1.06. The molecule has 1 aromatic rings. The second kappa shape index (κ2) is 7.09. The first-order valence-electron chi connectivity index (χ1n) is 7.72. The van der Waals surface area contributed by atoms with Gasteiger partial charge in [0, 0.05) is 12.5 Å². The molecule has 2 atom stereocenters. The van der Waals surface area contributed by atoms with Crippen molar-refractivity contribution in [1.82, 2.24) is 0 Å². The largest absolute Gasteiger partial charge is 0.493 e. The first-order valence-corrected chi connectivity index (χ1v) is 7.72. The zero-order valence-electron chi connectivity index (χ0n) is 12.6. The Morgan fingerprint density at radius 1 is 1.25 bits per heavy atom. The van der Waals surface area contributed by atoms with Gasteiger partial charge < -0.3 is 15.6 Å². The summed E-state index contributed by atoms with van der Waals surface area (Å²) in [5.74, 6) is 1.88. The Kier molecular flexibility index (Phi) is 5.44. The number of aliphatic hydroxyl groups excluding tert-OH is 1. The molecule has 0 bridgehead atoms. The fraction of sp³-hybridized carbons (Fsp3) is 0.647. The van der Waals surface area contributed by atoms with Gasteiger partial charge in [0.2, 0.25) is 0 Å². The Morgan fingerprint density at radius 3 is 2.35 bits per heavy atom. The van der Waals surface area contributed by atoms with Crippen LogP contribution < -0.4 is 10.5 Å². The van der Waals surface area contributed by atoms with Gasteiger partial charge >= 0.3 is 0 Å². The second-order valence-corrected chi connectivity index (χ2v) is 6.30. The number of hydrogen-bond acceptors (Lipinski definition) is 3. The van der Waals surface area contributed by atoms with Gasteiger partial charge in [0.1, 0.15) is 5.75 Å². The van der Waals surface area contributed by atoms with Crippen LogP contribution in [0.4, 0.5) is 0 Å². The van der Waals surface area contributed by atoms with Gasteiger partial charge in [0.25, 0.3) is 0 Å². The van der Waals surface area contributed by atoms with Gasteiger partial charge in [-0.05, 0) is 42.4 Å². The van der Waals surface area contributed by atoms with E-state index < -0.39 is 0 Å². The van der Waals surface area contributed by atoms with E-state index in [-0.39, 0.29) is 12.0 Å². The Bertz CT molecular complexity index is 398. The number of nitrogens with two attached hydrogens (primary N) is 1. The molecule has 1 aliphatic rings. The van der Waals surface area contributed by atoms with Crippen LogP contribution in [0.15, 0.2) is 24.3 Å². The maximum absolute atomic E-state index is 10.4. The lowest BCUT2D eigenvalue weighted by Gasteiger charge is -2.35. The molecule has 0 radical (unpaired) electrons. The zero-order chi connectivity index (χ0) is 14.5. The highest BCUT2D eigenvalue weighted by atomic mass is 16.5. The highest BCUT2D eigenvalue weighted by Gasteiger charge is 2.31. The Balaban J connectivity index is 1.99. The average Bonchev–Trinajstić information content (AvgIpc) is 2.36. The summed E-state index contributed by atoms with van der Waals surface area (Å²) in [4.78, 5) is 0. The molecule has 0 aliphatic heterocycles. The first-order chi connectivity index (χ1) is 9.61. The minimum Gasteiger partial charge on any atom is -0.493 e. The van der Waals surface area contributed by atoms with Crippen LogP contribution in [0.1, 0.15) is 44.6 Å². The summed E-state index contributed by atoms with van der Waals surface area (Å²) >= 11 is 0. The molecular formula is C17H27NO2. The molecule has 3 heteroatoms. The second-order valence-electron chi connectivity index (χ2n) is 6.30. The zero-order valence-corrected chi connectivity index (χ0v) is 12.6. The van der Waals surface area contributed by atoms with E-state index in [1.807, 2.05) is 24.3 Å². The lowest BCUT2D eigenvalue weighted by atomic mass is 9.75. The van der Waals surface area contributed by atoms with Crippen molar-refractivity contribution < 1.29 is 9.84 Å². The van der Waals surface area contributed by atoms with Crippen LogP contribution in [0, 0.1) is 11.8 Å². The third-order valence-electron chi connectivity index (χ3n) is 4.19.